The Hall–Kier alpha value is -2.47. The van der Waals surface area contributed by atoms with E-state index in [4.69, 9.17) is 26.2 Å². The molecule has 0 saturated carbocycles. The van der Waals surface area contributed by atoms with Gasteiger partial charge in [0.05, 0.1) is 5.56 Å². The van der Waals surface area contributed by atoms with Gasteiger partial charge in [-0.3, -0.25) is 0 Å². The Kier molecular flexibility index (Phi) is 4.38. The van der Waals surface area contributed by atoms with E-state index in [9.17, 15) is 9.18 Å². The first-order chi connectivity index (χ1) is 12.9. The molecule has 2 heterocycles. The predicted molar refractivity (Wildman–Crippen MR) is 98.0 cm³/mol. The van der Waals surface area contributed by atoms with Gasteiger partial charge in [0.1, 0.15) is 5.82 Å². The lowest BCUT2D eigenvalue weighted by Crippen LogP contribution is -2.37. The molecule has 0 radical (unpaired) electrons. The first-order valence-corrected chi connectivity index (χ1v) is 9.19. The molecule has 1 saturated heterocycles. The van der Waals surface area contributed by atoms with E-state index in [-0.39, 0.29) is 11.5 Å². The second kappa shape index (κ2) is 6.60. The van der Waals surface area contributed by atoms with Crippen molar-refractivity contribution in [3.05, 3.63) is 58.4 Å². The molecule has 1 amide bonds. The summed E-state index contributed by atoms with van der Waals surface area (Å²) in [4.78, 5) is 12.5. The van der Waals surface area contributed by atoms with Crippen molar-refractivity contribution in [2.24, 2.45) is 0 Å². The molecule has 1 unspecified atom stereocenters. The Morgan fingerprint density at radius 2 is 2.00 bits per heavy atom. The Balaban J connectivity index is 1.62. The van der Waals surface area contributed by atoms with Crippen LogP contribution in [0.25, 0.3) is 0 Å². The molecular weight excluding hydrogens is 373 g/mol. The highest BCUT2D eigenvalue weighted by Gasteiger charge is 2.43. The molecule has 7 heteroatoms. The van der Waals surface area contributed by atoms with Gasteiger partial charge in [0, 0.05) is 30.6 Å². The minimum atomic E-state index is -1.28. The zero-order chi connectivity index (χ0) is 19.2. The first-order valence-electron chi connectivity index (χ1n) is 8.82. The molecule has 142 valence electrons. The predicted octanol–water partition coefficient (Wildman–Crippen LogP) is 4.98. The van der Waals surface area contributed by atoms with E-state index < -0.39 is 17.7 Å². The molecule has 2 aromatic rings. The molecule has 0 spiro atoms. The number of carbonyl (C=O) groups is 1. The van der Waals surface area contributed by atoms with Crippen LogP contribution < -0.4 is 9.47 Å². The summed E-state index contributed by atoms with van der Waals surface area (Å²) in [6, 6.07) is 10.0. The molecule has 0 aliphatic carbocycles. The van der Waals surface area contributed by atoms with Crippen LogP contribution in [0, 0.1) is 5.82 Å². The summed E-state index contributed by atoms with van der Waals surface area (Å²) in [7, 11) is 0. The lowest BCUT2D eigenvalue weighted by molar-refractivity contribution is -0.0711. The topological polar surface area (TPSA) is 59.0 Å². The fourth-order valence-corrected chi connectivity index (χ4v) is 3.98. The molecule has 4 rings (SSSR count). The van der Waals surface area contributed by atoms with E-state index in [2.05, 4.69) is 0 Å². The Morgan fingerprint density at radius 1 is 1.26 bits per heavy atom. The number of hydrogen-bond donors (Lipinski definition) is 1. The second-order valence-corrected chi connectivity index (χ2v) is 7.43. The molecule has 0 aromatic heterocycles. The Bertz CT molecular complexity index is 898. The van der Waals surface area contributed by atoms with Gasteiger partial charge in [-0.2, -0.15) is 0 Å². The summed E-state index contributed by atoms with van der Waals surface area (Å²) in [5.74, 6) is -0.451. The van der Waals surface area contributed by atoms with Crippen LogP contribution in [0.1, 0.15) is 36.8 Å². The number of rotatable bonds is 2. The van der Waals surface area contributed by atoms with Gasteiger partial charge in [-0.25, -0.2) is 9.18 Å². The zero-order valence-corrected chi connectivity index (χ0v) is 15.5. The van der Waals surface area contributed by atoms with E-state index in [1.807, 2.05) is 12.1 Å². The lowest BCUT2D eigenvalue weighted by Gasteiger charge is -2.30. The van der Waals surface area contributed by atoms with Crippen molar-refractivity contribution in [3.8, 4) is 11.5 Å². The second-order valence-electron chi connectivity index (χ2n) is 6.99. The quantitative estimate of drug-likeness (QED) is 0.784. The molecule has 1 N–H and O–H groups in total. The molecule has 1 fully saturated rings. The summed E-state index contributed by atoms with van der Waals surface area (Å²) < 4.78 is 26.5. The number of hydrogen-bond acceptors (Lipinski definition) is 3. The highest BCUT2D eigenvalue weighted by molar-refractivity contribution is 6.30. The molecular formula is C20H19ClFNO4. The van der Waals surface area contributed by atoms with Gasteiger partial charge in [0.15, 0.2) is 11.5 Å². The molecule has 2 aromatic carbocycles. The maximum Gasteiger partial charge on any atom is 0.407 e. The minimum absolute atomic E-state index is 0.163. The third-order valence-corrected chi connectivity index (χ3v) is 5.47. The largest absolute Gasteiger partial charge is 0.465 e. The smallest absolute Gasteiger partial charge is 0.407 e. The maximum absolute atomic E-state index is 14.4. The van der Waals surface area contributed by atoms with Gasteiger partial charge in [0.25, 0.3) is 5.79 Å². The van der Waals surface area contributed by atoms with Crippen LogP contribution in [0.15, 0.2) is 36.4 Å². The third kappa shape index (κ3) is 3.18. The maximum atomic E-state index is 14.4. The van der Waals surface area contributed by atoms with Crippen molar-refractivity contribution in [2.45, 2.75) is 31.5 Å². The van der Waals surface area contributed by atoms with Crippen LogP contribution in [0.3, 0.4) is 0 Å². The average Bonchev–Trinajstić information content (AvgIpc) is 2.98. The number of amides is 1. The zero-order valence-electron chi connectivity index (χ0n) is 14.7. The van der Waals surface area contributed by atoms with Gasteiger partial charge < -0.3 is 19.5 Å². The number of ether oxygens (including phenoxy) is 2. The van der Waals surface area contributed by atoms with Crippen molar-refractivity contribution >= 4 is 17.7 Å². The van der Waals surface area contributed by atoms with Crippen LogP contribution in [0.2, 0.25) is 5.02 Å². The summed E-state index contributed by atoms with van der Waals surface area (Å²) >= 11 is 5.85. The first kappa shape index (κ1) is 17.9. The highest BCUT2D eigenvalue weighted by Crippen LogP contribution is 2.49. The average molecular weight is 392 g/mol. The van der Waals surface area contributed by atoms with Crippen LogP contribution in [-0.4, -0.2) is 29.2 Å². The van der Waals surface area contributed by atoms with Gasteiger partial charge >= 0.3 is 6.09 Å². The van der Waals surface area contributed by atoms with E-state index in [0.29, 0.717) is 42.5 Å². The van der Waals surface area contributed by atoms with Crippen LogP contribution in [0.4, 0.5) is 9.18 Å². The molecule has 27 heavy (non-hydrogen) atoms. The number of likely N-dealkylation sites (tertiary alicyclic amines) is 1. The summed E-state index contributed by atoms with van der Waals surface area (Å²) in [5.41, 5.74) is 1.24. The number of para-hydroxylation sites is 1. The third-order valence-electron chi connectivity index (χ3n) is 5.24. The number of halogens is 2. The van der Waals surface area contributed by atoms with Gasteiger partial charge in [-0.15, -0.1) is 0 Å². The Morgan fingerprint density at radius 3 is 2.67 bits per heavy atom. The highest BCUT2D eigenvalue weighted by atomic mass is 35.5. The van der Waals surface area contributed by atoms with E-state index in [0.717, 1.165) is 5.56 Å². The van der Waals surface area contributed by atoms with E-state index >= 15 is 0 Å². The molecule has 5 nitrogen and oxygen atoms in total. The van der Waals surface area contributed by atoms with Crippen LogP contribution in [0.5, 0.6) is 11.5 Å². The van der Waals surface area contributed by atoms with E-state index in [1.54, 1.807) is 25.1 Å². The number of benzene rings is 2. The number of nitrogens with zero attached hydrogens (tertiary/aromatic N) is 1. The monoisotopic (exact) mass is 391 g/mol. The van der Waals surface area contributed by atoms with E-state index in [1.165, 1.54) is 11.0 Å². The summed E-state index contributed by atoms with van der Waals surface area (Å²) in [5, 5.41) is 9.43. The standard InChI is InChI=1S/C20H19ClFNO4/c1-20(15-6-5-13(21)11-16(15)22)26-17-4-2-3-14(18(17)27-20)12-7-9-23(10-8-12)19(24)25/h2-6,11-12H,7-10H2,1H3,(H,24,25). The Labute approximate surface area is 161 Å². The van der Waals surface area contributed by atoms with Crippen molar-refractivity contribution < 1.29 is 23.8 Å². The summed E-state index contributed by atoms with van der Waals surface area (Å²) in [6.45, 7) is 2.64. The number of fused-ring (bicyclic) bond motifs is 1. The van der Waals surface area contributed by atoms with Crippen molar-refractivity contribution in [1.29, 1.82) is 0 Å². The van der Waals surface area contributed by atoms with Crippen molar-refractivity contribution in [2.75, 3.05) is 13.1 Å². The normalized spacial score (nSPS) is 22.1. The number of piperidine rings is 1. The van der Waals surface area contributed by atoms with Crippen molar-refractivity contribution in [1.82, 2.24) is 4.90 Å². The van der Waals surface area contributed by atoms with Gasteiger partial charge in [0.2, 0.25) is 0 Å². The van der Waals surface area contributed by atoms with Crippen molar-refractivity contribution in [3.63, 3.8) is 0 Å². The van der Waals surface area contributed by atoms with Gasteiger partial charge in [-0.1, -0.05) is 23.7 Å². The molecule has 1 atom stereocenters. The van der Waals surface area contributed by atoms with Crippen LogP contribution >= 0.6 is 11.6 Å². The molecule has 0 bridgehead atoms. The summed E-state index contributed by atoms with van der Waals surface area (Å²) in [6.07, 6.45) is 0.521. The number of carboxylic acid groups (broad SMARTS) is 1. The minimum Gasteiger partial charge on any atom is -0.465 e. The van der Waals surface area contributed by atoms with Crippen LogP contribution in [-0.2, 0) is 5.79 Å². The van der Waals surface area contributed by atoms with Gasteiger partial charge in [-0.05, 0) is 43.0 Å². The molecule has 2 aliphatic rings. The SMILES string of the molecule is CC1(c2ccc(Cl)cc2F)Oc2cccc(C3CCN(C(=O)O)CC3)c2O1. The lowest BCUT2D eigenvalue weighted by atomic mass is 9.89. The fraction of sp³-hybridized carbons (Fsp3) is 0.350. The fourth-order valence-electron chi connectivity index (χ4n) is 3.82. The molecule has 2 aliphatic heterocycles.